The Labute approximate surface area is 170 Å². The molecule has 0 aliphatic carbocycles. The van der Waals surface area contributed by atoms with Gasteiger partial charge in [-0.1, -0.05) is 54.6 Å². The lowest BCUT2D eigenvalue weighted by molar-refractivity contribution is -0.133. The molecule has 4 aromatic rings. The summed E-state index contributed by atoms with van der Waals surface area (Å²) in [5.41, 5.74) is 5.82. The van der Waals surface area contributed by atoms with Crippen molar-refractivity contribution in [2.45, 2.75) is 25.3 Å². The maximum Gasteiger partial charge on any atom is 0.223 e. The molecule has 4 nitrogen and oxygen atoms in total. The van der Waals surface area contributed by atoms with E-state index in [1.807, 2.05) is 41.4 Å². The number of rotatable bonds is 4. The summed E-state index contributed by atoms with van der Waals surface area (Å²) < 4.78 is 0. The molecule has 2 aromatic heterocycles. The number of para-hydroxylation sites is 1. The Morgan fingerprint density at radius 3 is 2.69 bits per heavy atom. The fourth-order valence-corrected chi connectivity index (χ4v) is 4.43. The number of benzene rings is 2. The zero-order chi connectivity index (χ0) is 19.6. The van der Waals surface area contributed by atoms with E-state index in [0.717, 1.165) is 36.2 Å². The van der Waals surface area contributed by atoms with Crippen LogP contribution < -0.4 is 0 Å². The minimum atomic E-state index is -0.122. The van der Waals surface area contributed by atoms with Crippen molar-refractivity contribution < 1.29 is 4.79 Å². The van der Waals surface area contributed by atoms with E-state index in [1.165, 1.54) is 16.5 Å². The molecule has 0 saturated heterocycles. The predicted octanol–water partition coefficient (Wildman–Crippen LogP) is 4.67. The van der Waals surface area contributed by atoms with Crippen LogP contribution in [0, 0.1) is 0 Å². The molecule has 3 heterocycles. The molecule has 0 fully saturated rings. The highest BCUT2D eigenvalue weighted by Gasteiger charge is 2.34. The topological polar surface area (TPSA) is 49.0 Å². The number of aromatic amines is 1. The molecule has 29 heavy (non-hydrogen) atoms. The first kappa shape index (κ1) is 17.7. The summed E-state index contributed by atoms with van der Waals surface area (Å²) in [6.07, 6.45) is 5.79. The first-order chi connectivity index (χ1) is 14.3. The van der Waals surface area contributed by atoms with E-state index in [2.05, 4.69) is 46.4 Å². The molecule has 1 unspecified atom stereocenters. The smallest absolute Gasteiger partial charge is 0.223 e. The van der Waals surface area contributed by atoms with Crippen LogP contribution in [0.1, 0.15) is 34.8 Å². The average molecular weight is 381 g/mol. The number of H-pyrrole nitrogens is 1. The van der Waals surface area contributed by atoms with Gasteiger partial charge in [0.25, 0.3) is 0 Å². The highest BCUT2D eigenvalue weighted by atomic mass is 16.2. The monoisotopic (exact) mass is 381 g/mol. The number of fused-ring (bicyclic) bond motifs is 3. The Kier molecular flexibility index (Phi) is 4.60. The fraction of sp³-hybridized carbons (Fsp3) is 0.200. The van der Waals surface area contributed by atoms with Crippen LogP contribution in [0.25, 0.3) is 10.9 Å². The van der Waals surface area contributed by atoms with Gasteiger partial charge in [0.2, 0.25) is 5.91 Å². The van der Waals surface area contributed by atoms with Gasteiger partial charge in [-0.3, -0.25) is 9.78 Å². The van der Waals surface area contributed by atoms with Gasteiger partial charge in [0.15, 0.2) is 0 Å². The number of pyridine rings is 1. The van der Waals surface area contributed by atoms with E-state index < -0.39 is 0 Å². The van der Waals surface area contributed by atoms with E-state index in [0.29, 0.717) is 6.42 Å². The van der Waals surface area contributed by atoms with Gasteiger partial charge >= 0.3 is 0 Å². The lowest BCUT2D eigenvalue weighted by Crippen LogP contribution is -2.40. The van der Waals surface area contributed by atoms with Crippen molar-refractivity contribution >= 4 is 16.8 Å². The second-order valence-corrected chi connectivity index (χ2v) is 7.57. The summed E-state index contributed by atoms with van der Waals surface area (Å²) in [5.74, 6) is 0.187. The highest BCUT2D eigenvalue weighted by molar-refractivity contribution is 5.86. The highest BCUT2D eigenvalue weighted by Crippen LogP contribution is 2.38. The zero-order valence-corrected chi connectivity index (χ0v) is 16.2. The molecule has 0 bridgehead atoms. The molecular weight excluding hydrogens is 358 g/mol. The fourth-order valence-electron chi connectivity index (χ4n) is 4.43. The third-order valence-electron chi connectivity index (χ3n) is 5.83. The maximum absolute atomic E-state index is 13.3. The molecule has 1 aliphatic rings. The van der Waals surface area contributed by atoms with Crippen LogP contribution in [0.4, 0.5) is 0 Å². The lowest BCUT2D eigenvalue weighted by atomic mass is 9.92. The van der Waals surface area contributed by atoms with Crippen molar-refractivity contribution in [2.24, 2.45) is 0 Å². The minimum Gasteiger partial charge on any atom is -0.356 e. The van der Waals surface area contributed by atoms with Gasteiger partial charge in [-0.2, -0.15) is 0 Å². The molecule has 1 amide bonds. The van der Waals surface area contributed by atoms with Crippen molar-refractivity contribution in [3.05, 3.63) is 102 Å². The molecule has 1 atom stereocenters. The molecule has 0 radical (unpaired) electrons. The average Bonchev–Trinajstić information content (AvgIpc) is 3.17. The van der Waals surface area contributed by atoms with Crippen molar-refractivity contribution in [3.63, 3.8) is 0 Å². The number of aromatic nitrogens is 2. The van der Waals surface area contributed by atoms with Crippen LogP contribution in [-0.4, -0.2) is 27.3 Å². The Balaban J connectivity index is 1.50. The van der Waals surface area contributed by atoms with Crippen molar-refractivity contribution in [1.29, 1.82) is 0 Å². The summed E-state index contributed by atoms with van der Waals surface area (Å²) in [4.78, 5) is 23.2. The standard InChI is InChI=1S/C25H23N3O/c29-23(13-12-18-7-2-1-3-8-18)28-16-14-21-20-10-4-5-11-22(20)27-24(21)25(28)19-9-6-15-26-17-19/h1-11,15,17,25,27H,12-14,16H2. The number of hydrogen-bond acceptors (Lipinski definition) is 2. The number of carbonyl (C=O) groups is 1. The zero-order valence-electron chi connectivity index (χ0n) is 16.2. The quantitative estimate of drug-likeness (QED) is 0.558. The summed E-state index contributed by atoms with van der Waals surface area (Å²) >= 11 is 0. The number of nitrogens with one attached hydrogen (secondary N) is 1. The van der Waals surface area contributed by atoms with Crippen LogP contribution in [0.5, 0.6) is 0 Å². The Bertz CT molecular complexity index is 1130. The van der Waals surface area contributed by atoms with E-state index in [-0.39, 0.29) is 11.9 Å². The molecule has 0 spiro atoms. The molecule has 1 N–H and O–H groups in total. The first-order valence-corrected chi connectivity index (χ1v) is 10.1. The Morgan fingerprint density at radius 2 is 1.86 bits per heavy atom. The number of amides is 1. The van der Waals surface area contributed by atoms with Crippen LogP contribution in [0.15, 0.2) is 79.1 Å². The van der Waals surface area contributed by atoms with Crippen LogP contribution in [-0.2, 0) is 17.6 Å². The molecule has 2 aromatic carbocycles. The summed E-state index contributed by atoms with van der Waals surface area (Å²) in [5, 5.41) is 1.26. The van der Waals surface area contributed by atoms with E-state index in [1.54, 1.807) is 6.20 Å². The van der Waals surface area contributed by atoms with Gasteiger partial charge in [0.1, 0.15) is 0 Å². The minimum absolute atomic E-state index is 0.122. The van der Waals surface area contributed by atoms with Gasteiger partial charge in [-0.15, -0.1) is 0 Å². The number of aryl methyl sites for hydroxylation is 1. The van der Waals surface area contributed by atoms with Crippen molar-refractivity contribution in [3.8, 4) is 0 Å². The number of nitrogens with zero attached hydrogens (tertiary/aromatic N) is 2. The van der Waals surface area contributed by atoms with E-state index in [9.17, 15) is 4.79 Å². The molecule has 4 heteroatoms. The maximum atomic E-state index is 13.3. The van der Waals surface area contributed by atoms with E-state index >= 15 is 0 Å². The third kappa shape index (κ3) is 3.31. The third-order valence-corrected chi connectivity index (χ3v) is 5.83. The summed E-state index contributed by atoms with van der Waals surface area (Å²) in [6, 6.07) is 22.5. The SMILES string of the molecule is O=C(CCc1ccccc1)N1CCc2c([nH]c3ccccc23)C1c1cccnc1. The molecule has 144 valence electrons. The summed E-state index contributed by atoms with van der Waals surface area (Å²) in [6.45, 7) is 0.724. The number of hydrogen-bond donors (Lipinski definition) is 1. The molecular formula is C25H23N3O. The van der Waals surface area contributed by atoms with Crippen LogP contribution in [0.2, 0.25) is 0 Å². The largest absolute Gasteiger partial charge is 0.356 e. The van der Waals surface area contributed by atoms with Gasteiger partial charge < -0.3 is 9.88 Å². The van der Waals surface area contributed by atoms with Gasteiger partial charge in [-0.25, -0.2) is 0 Å². The molecule has 0 saturated carbocycles. The van der Waals surface area contributed by atoms with Crippen LogP contribution in [0.3, 0.4) is 0 Å². The van der Waals surface area contributed by atoms with Crippen molar-refractivity contribution in [1.82, 2.24) is 14.9 Å². The Hall–Kier alpha value is -3.40. The lowest BCUT2D eigenvalue weighted by Gasteiger charge is -2.36. The second-order valence-electron chi connectivity index (χ2n) is 7.57. The van der Waals surface area contributed by atoms with Gasteiger partial charge in [-0.05, 0) is 41.7 Å². The van der Waals surface area contributed by atoms with Crippen LogP contribution >= 0.6 is 0 Å². The first-order valence-electron chi connectivity index (χ1n) is 10.1. The number of carbonyl (C=O) groups excluding carboxylic acids is 1. The summed E-state index contributed by atoms with van der Waals surface area (Å²) in [7, 11) is 0. The Morgan fingerprint density at radius 1 is 1.03 bits per heavy atom. The van der Waals surface area contributed by atoms with Crippen molar-refractivity contribution in [2.75, 3.05) is 6.54 Å². The molecule has 5 rings (SSSR count). The predicted molar refractivity (Wildman–Crippen MR) is 115 cm³/mol. The van der Waals surface area contributed by atoms with Gasteiger partial charge in [0, 0.05) is 42.0 Å². The molecule has 1 aliphatic heterocycles. The normalized spacial score (nSPS) is 16.0. The van der Waals surface area contributed by atoms with Gasteiger partial charge in [0.05, 0.1) is 6.04 Å². The van der Waals surface area contributed by atoms with E-state index in [4.69, 9.17) is 0 Å². The second kappa shape index (κ2) is 7.55.